The second kappa shape index (κ2) is 4.84. The molecule has 6 heteroatoms. The van der Waals surface area contributed by atoms with Crippen molar-refractivity contribution in [3.8, 4) is 0 Å². The summed E-state index contributed by atoms with van der Waals surface area (Å²) < 4.78 is 15.2. The summed E-state index contributed by atoms with van der Waals surface area (Å²) in [5.74, 6) is -0.241. The van der Waals surface area contributed by atoms with Crippen molar-refractivity contribution in [1.29, 1.82) is 0 Å². The maximum absolute atomic E-state index is 13.3. The molecule has 0 amide bonds. The van der Waals surface area contributed by atoms with Gasteiger partial charge >= 0.3 is 0 Å². The molecule has 0 saturated heterocycles. The van der Waals surface area contributed by atoms with Crippen molar-refractivity contribution < 1.29 is 4.39 Å². The predicted octanol–water partition coefficient (Wildman–Crippen LogP) is 5.80. The SMILES string of the molecule is Fc1ccsc1C(Cl)c1cc(Br)sc1Br. The smallest absolute Gasteiger partial charge is 0.138 e. The molecule has 0 radical (unpaired) electrons. The van der Waals surface area contributed by atoms with Crippen molar-refractivity contribution in [2.24, 2.45) is 0 Å². The molecule has 2 rings (SSSR count). The van der Waals surface area contributed by atoms with E-state index in [1.54, 1.807) is 5.38 Å². The molecule has 1 atom stereocenters. The summed E-state index contributed by atoms with van der Waals surface area (Å²) >= 11 is 15.9. The van der Waals surface area contributed by atoms with Gasteiger partial charge in [0.25, 0.3) is 0 Å². The molecule has 2 aromatic rings. The molecule has 2 aromatic heterocycles. The average Bonchev–Trinajstić information content (AvgIpc) is 2.71. The van der Waals surface area contributed by atoms with Crippen molar-refractivity contribution >= 4 is 66.1 Å². The second-order valence-corrected chi connectivity index (χ2v) is 7.91. The zero-order valence-electron chi connectivity index (χ0n) is 7.14. The highest BCUT2D eigenvalue weighted by atomic mass is 79.9. The van der Waals surface area contributed by atoms with Gasteiger partial charge in [-0.1, -0.05) is 0 Å². The second-order valence-electron chi connectivity index (χ2n) is 2.77. The molecule has 0 bridgehead atoms. The minimum atomic E-state index is -0.429. The van der Waals surface area contributed by atoms with Gasteiger partial charge in [0, 0.05) is 5.56 Å². The van der Waals surface area contributed by atoms with Crippen LogP contribution < -0.4 is 0 Å². The van der Waals surface area contributed by atoms with Crippen LogP contribution >= 0.6 is 66.1 Å². The minimum Gasteiger partial charge on any atom is -0.206 e. The molecule has 0 aliphatic heterocycles. The van der Waals surface area contributed by atoms with E-state index in [1.807, 2.05) is 6.07 Å². The maximum Gasteiger partial charge on any atom is 0.138 e. The number of thiophene rings is 2. The highest BCUT2D eigenvalue weighted by Gasteiger charge is 2.20. The first kappa shape index (κ1) is 12.0. The van der Waals surface area contributed by atoms with Crippen LogP contribution in [0.25, 0.3) is 0 Å². The van der Waals surface area contributed by atoms with Crippen LogP contribution in [-0.2, 0) is 0 Å². The fourth-order valence-corrected chi connectivity index (χ4v) is 5.44. The van der Waals surface area contributed by atoms with Crippen LogP contribution in [0.2, 0.25) is 0 Å². The summed E-state index contributed by atoms with van der Waals surface area (Å²) in [5.41, 5.74) is 0.898. The van der Waals surface area contributed by atoms with Gasteiger partial charge in [0.2, 0.25) is 0 Å². The van der Waals surface area contributed by atoms with E-state index >= 15 is 0 Å². The van der Waals surface area contributed by atoms with Crippen molar-refractivity contribution in [1.82, 2.24) is 0 Å². The molecule has 0 saturated carbocycles. The molecule has 0 fully saturated rings. The summed E-state index contributed by atoms with van der Waals surface area (Å²) in [4.78, 5) is 0.558. The number of hydrogen-bond donors (Lipinski definition) is 0. The summed E-state index contributed by atoms with van der Waals surface area (Å²) in [5, 5.41) is 1.27. The third kappa shape index (κ3) is 2.47. The lowest BCUT2D eigenvalue weighted by Gasteiger charge is -2.05. The largest absolute Gasteiger partial charge is 0.206 e. The van der Waals surface area contributed by atoms with Gasteiger partial charge in [-0.2, -0.15) is 0 Å². The van der Waals surface area contributed by atoms with Gasteiger partial charge in [-0.15, -0.1) is 34.3 Å². The zero-order chi connectivity index (χ0) is 11.0. The summed E-state index contributed by atoms with van der Waals surface area (Å²) in [6.07, 6.45) is 0. The third-order valence-corrected chi connectivity index (χ3v) is 5.76. The number of halogens is 4. The molecular formula is C9H4Br2ClFS2. The van der Waals surface area contributed by atoms with E-state index in [2.05, 4.69) is 31.9 Å². The predicted molar refractivity (Wildman–Crippen MR) is 71.7 cm³/mol. The Morgan fingerprint density at radius 1 is 1.40 bits per heavy atom. The van der Waals surface area contributed by atoms with Gasteiger partial charge in [-0.25, -0.2) is 4.39 Å². The Morgan fingerprint density at radius 2 is 2.13 bits per heavy atom. The quantitative estimate of drug-likeness (QED) is 0.568. The van der Waals surface area contributed by atoms with Crippen LogP contribution in [0.15, 0.2) is 25.1 Å². The molecule has 1 unspecified atom stereocenters. The lowest BCUT2D eigenvalue weighted by Crippen LogP contribution is -1.90. The molecule has 0 aromatic carbocycles. The molecule has 2 heterocycles. The Morgan fingerprint density at radius 3 is 2.60 bits per heavy atom. The number of rotatable bonds is 2. The first-order valence-electron chi connectivity index (χ1n) is 3.91. The monoisotopic (exact) mass is 388 g/mol. The van der Waals surface area contributed by atoms with Gasteiger partial charge in [0.1, 0.15) is 5.82 Å². The standard InChI is InChI=1S/C9H4Br2ClFS2/c10-6-3-4(9(11)15-6)7(12)8-5(13)1-2-14-8/h1-3,7H. The molecule has 0 aliphatic carbocycles. The zero-order valence-corrected chi connectivity index (χ0v) is 12.7. The molecular weight excluding hydrogens is 386 g/mol. The Labute approximate surface area is 116 Å². The van der Waals surface area contributed by atoms with Gasteiger partial charge in [0.05, 0.1) is 17.8 Å². The Bertz CT molecular complexity index is 480. The van der Waals surface area contributed by atoms with Crippen molar-refractivity contribution in [2.75, 3.05) is 0 Å². The van der Waals surface area contributed by atoms with Crippen LogP contribution in [0.3, 0.4) is 0 Å². The van der Waals surface area contributed by atoms with Gasteiger partial charge in [-0.3, -0.25) is 0 Å². The highest BCUT2D eigenvalue weighted by molar-refractivity contribution is 9.12. The fraction of sp³-hybridized carbons (Fsp3) is 0.111. The summed E-state index contributed by atoms with van der Waals surface area (Å²) in [6, 6.07) is 3.34. The lowest BCUT2D eigenvalue weighted by molar-refractivity contribution is 0.620. The van der Waals surface area contributed by atoms with Gasteiger partial charge in [0.15, 0.2) is 0 Å². The highest BCUT2D eigenvalue weighted by Crippen LogP contribution is 2.42. The van der Waals surface area contributed by atoms with Crippen LogP contribution in [0.1, 0.15) is 15.8 Å². The number of hydrogen-bond acceptors (Lipinski definition) is 2. The number of alkyl halides is 1. The normalized spacial score (nSPS) is 13.1. The van der Waals surface area contributed by atoms with E-state index in [1.165, 1.54) is 28.7 Å². The summed E-state index contributed by atoms with van der Waals surface area (Å²) in [6.45, 7) is 0. The fourth-order valence-electron chi connectivity index (χ4n) is 1.15. The van der Waals surface area contributed by atoms with Crippen molar-refractivity contribution in [3.05, 3.63) is 41.3 Å². The van der Waals surface area contributed by atoms with E-state index < -0.39 is 5.38 Å². The Kier molecular flexibility index (Phi) is 3.88. The van der Waals surface area contributed by atoms with Crippen LogP contribution in [0.4, 0.5) is 4.39 Å². The first-order chi connectivity index (χ1) is 7.09. The molecule has 0 nitrogen and oxygen atoms in total. The Balaban J connectivity index is 2.40. The van der Waals surface area contributed by atoms with Crippen molar-refractivity contribution in [3.63, 3.8) is 0 Å². The van der Waals surface area contributed by atoms with Crippen molar-refractivity contribution in [2.45, 2.75) is 5.38 Å². The van der Waals surface area contributed by atoms with E-state index in [9.17, 15) is 4.39 Å². The van der Waals surface area contributed by atoms with E-state index in [0.717, 1.165) is 13.1 Å². The van der Waals surface area contributed by atoms with Gasteiger partial charge < -0.3 is 0 Å². The van der Waals surface area contributed by atoms with Crippen LogP contribution in [-0.4, -0.2) is 0 Å². The lowest BCUT2D eigenvalue weighted by atomic mass is 10.2. The molecule has 0 spiro atoms. The topological polar surface area (TPSA) is 0 Å². The van der Waals surface area contributed by atoms with Crippen LogP contribution in [0, 0.1) is 5.82 Å². The van der Waals surface area contributed by atoms with Crippen LogP contribution in [0.5, 0.6) is 0 Å². The van der Waals surface area contributed by atoms with Gasteiger partial charge in [-0.05, 0) is 49.4 Å². The molecule has 15 heavy (non-hydrogen) atoms. The average molecular weight is 391 g/mol. The van der Waals surface area contributed by atoms with E-state index in [-0.39, 0.29) is 5.82 Å². The molecule has 0 aliphatic rings. The molecule has 0 N–H and O–H groups in total. The van der Waals surface area contributed by atoms with E-state index in [0.29, 0.717) is 4.88 Å². The third-order valence-electron chi connectivity index (χ3n) is 1.83. The molecule has 80 valence electrons. The summed E-state index contributed by atoms with van der Waals surface area (Å²) in [7, 11) is 0. The first-order valence-corrected chi connectivity index (χ1v) is 7.63. The van der Waals surface area contributed by atoms with E-state index in [4.69, 9.17) is 11.6 Å². The Hall–Kier alpha value is 0.580. The maximum atomic E-state index is 13.3. The minimum absolute atomic E-state index is 0.241.